The minimum absolute atomic E-state index is 0.117. The van der Waals surface area contributed by atoms with Crippen LogP contribution >= 0.6 is 11.6 Å². The van der Waals surface area contributed by atoms with Crippen molar-refractivity contribution in [3.05, 3.63) is 64.7 Å². The fraction of sp³-hybridized carbons (Fsp3) is 0.316. The van der Waals surface area contributed by atoms with Gasteiger partial charge in [-0.3, -0.25) is 4.79 Å². The molecule has 0 spiro atoms. The number of carbonyl (C=O) groups is 1. The number of hydrogen-bond donors (Lipinski definition) is 1. The zero-order valence-corrected chi connectivity index (χ0v) is 15.9. The molecule has 0 radical (unpaired) electrons. The maximum absolute atomic E-state index is 13.2. The second-order valence-corrected chi connectivity index (χ2v) is 9.09. The van der Waals surface area contributed by atoms with Crippen LogP contribution in [0.1, 0.15) is 17.0 Å². The Morgan fingerprint density at radius 3 is 2.23 bits per heavy atom. The molecule has 1 aliphatic carbocycles. The second-order valence-electron chi connectivity index (χ2n) is 6.59. The summed E-state index contributed by atoms with van der Waals surface area (Å²) < 4.78 is 31.5. The largest absolute Gasteiger partial charge is 0.481 e. The molecule has 138 valence electrons. The van der Waals surface area contributed by atoms with Crippen LogP contribution in [0.3, 0.4) is 0 Å². The fourth-order valence-electron chi connectivity index (χ4n) is 3.60. The first kappa shape index (κ1) is 18.9. The van der Waals surface area contributed by atoms with E-state index in [1.54, 1.807) is 36.4 Å². The number of rotatable bonds is 6. The van der Waals surface area contributed by atoms with Gasteiger partial charge in [0.05, 0.1) is 16.8 Å². The van der Waals surface area contributed by atoms with Crippen molar-refractivity contribution in [3.63, 3.8) is 0 Å². The molecule has 0 amide bonds. The van der Waals surface area contributed by atoms with E-state index in [1.165, 1.54) is 19.2 Å². The standard InChI is InChI=1S/C19H19ClO5S/c1-12-3-9-15(10-4-12)26(23,24)17-16(13-5-7-14(20)8-6-13)19(17,11-25-2)18(21)22/h3-10,16-17H,11H2,1-2H3,(H,21,22)/t16-,17+,19-/m1/s1. The van der Waals surface area contributed by atoms with Crippen LogP contribution in [0.2, 0.25) is 5.02 Å². The third kappa shape index (κ3) is 2.92. The number of hydrogen-bond acceptors (Lipinski definition) is 4. The molecule has 0 saturated heterocycles. The zero-order chi connectivity index (χ0) is 19.1. The lowest BCUT2D eigenvalue weighted by molar-refractivity contribution is -0.145. The summed E-state index contributed by atoms with van der Waals surface area (Å²) in [6.45, 7) is 1.67. The predicted octanol–water partition coefficient (Wildman–Crippen LogP) is 3.31. The van der Waals surface area contributed by atoms with Crippen LogP contribution in [-0.2, 0) is 19.4 Å². The Bertz CT molecular complexity index is 921. The highest BCUT2D eigenvalue weighted by Gasteiger charge is 2.76. The van der Waals surface area contributed by atoms with E-state index in [2.05, 4.69) is 0 Å². The summed E-state index contributed by atoms with van der Waals surface area (Å²) in [5.74, 6) is -1.89. The van der Waals surface area contributed by atoms with Crippen molar-refractivity contribution in [2.45, 2.75) is 23.0 Å². The summed E-state index contributed by atoms with van der Waals surface area (Å²) >= 11 is 5.91. The summed E-state index contributed by atoms with van der Waals surface area (Å²) in [6.07, 6.45) is 0. The van der Waals surface area contributed by atoms with E-state index in [-0.39, 0.29) is 11.5 Å². The van der Waals surface area contributed by atoms with Gasteiger partial charge in [0, 0.05) is 18.1 Å². The normalized spacial score (nSPS) is 25.0. The van der Waals surface area contributed by atoms with Crippen molar-refractivity contribution in [1.82, 2.24) is 0 Å². The molecule has 0 bridgehead atoms. The van der Waals surface area contributed by atoms with E-state index < -0.39 is 32.4 Å². The summed E-state index contributed by atoms with van der Waals surface area (Å²) in [5.41, 5.74) is 0.0247. The topological polar surface area (TPSA) is 80.7 Å². The molecule has 1 N–H and O–H groups in total. The third-order valence-electron chi connectivity index (χ3n) is 4.95. The number of ether oxygens (including phenoxy) is 1. The number of aliphatic carboxylic acids is 1. The molecule has 3 rings (SSSR count). The number of halogens is 1. The van der Waals surface area contributed by atoms with Crippen molar-refractivity contribution in [1.29, 1.82) is 0 Å². The lowest BCUT2D eigenvalue weighted by Gasteiger charge is -2.12. The minimum atomic E-state index is -3.86. The van der Waals surface area contributed by atoms with Crippen LogP contribution in [0, 0.1) is 12.3 Å². The molecular weight excluding hydrogens is 376 g/mol. The SMILES string of the molecule is COC[C@@]1(C(=O)O)[C@H](c2ccc(Cl)cc2)[C@@H]1S(=O)(=O)c1ccc(C)cc1. The van der Waals surface area contributed by atoms with Gasteiger partial charge >= 0.3 is 5.97 Å². The van der Waals surface area contributed by atoms with Crippen LogP contribution in [0.4, 0.5) is 0 Å². The Hall–Kier alpha value is -1.89. The molecule has 7 heteroatoms. The van der Waals surface area contributed by atoms with Gasteiger partial charge < -0.3 is 9.84 Å². The van der Waals surface area contributed by atoms with Gasteiger partial charge in [-0.25, -0.2) is 8.42 Å². The molecule has 3 atom stereocenters. The molecule has 0 aromatic heterocycles. The number of sulfone groups is 1. The van der Waals surface area contributed by atoms with Crippen molar-refractivity contribution >= 4 is 27.4 Å². The van der Waals surface area contributed by atoms with E-state index in [0.717, 1.165) is 5.56 Å². The molecular formula is C19H19ClO5S. The Morgan fingerprint density at radius 2 is 1.73 bits per heavy atom. The number of aryl methyl sites for hydroxylation is 1. The highest BCUT2D eigenvalue weighted by molar-refractivity contribution is 7.92. The average molecular weight is 395 g/mol. The fourth-order valence-corrected chi connectivity index (χ4v) is 6.09. The van der Waals surface area contributed by atoms with E-state index in [1.807, 2.05) is 6.92 Å². The van der Waals surface area contributed by atoms with Gasteiger partial charge in [0.25, 0.3) is 0 Å². The summed E-state index contributed by atoms with van der Waals surface area (Å²) in [5, 5.41) is 9.27. The third-order valence-corrected chi connectivity index (χ3v) is 7.49. The maximum Gasteiger partial charge on any atom is 0.314 e. The van der Waals surface area contributed by atoms with Crippen molar-refractivity contribution < 1.29 is 23.1 Å². The van der Waals surface area contributed by atoms with E-state index in [0.29, 0.717) is 10.6 Å². The molecule has 0 unspecified atom stereocenters. The van der Waals surface area contributed by atoms with E-state index in [4.69, 9.17) is 16.3 Å². The molecule has 2 aromatic rings. The lowest BCUT2D eigenvalue weighted by atomic mass is 10.0. The first-order valence-corrected chi connectivity index (χ1v) is 9.96. The van der Waals surface area contributed by atoms with Crippen LogP contribution in [0.25, 0.3) is 0 Å². The first-order valence-electron chi connectivity index (χ1n) is 8.03. The van der Waals surface area contributed by atoms with Crippen molar-refractivity contribution in [3.8, 4) is 0 Å². The highest BCUT2D eigenvalue weighted by Crippen LogP contribution is 2.64. The van der Waals surface area contributed by atoms with Crippen molar-refractivity contribution in [2.75, 3.05) is 13.7 Å². The van der Waals surface area contributed by atoms with Gasteiger partial charge in [0.2, 0.25) is 0 Å². The van der Waals surface area contributed by atoms with Crippen LogP contribution in [0.5, 0.6) is 0 Å². The minimum Gasteiger partial charge on any atom is -0.481 e. The van der Waals surface area contributed by atoms with Gasteiger partial charge in [0.1, 0.15) is 5.41 Å². The van der Waals surface area contributed by atoms with Gasteiger partial charge in [-0.15, -0.1) is 0 Å². The monoisotopic (exact) mass is 394 g/mol. The molecule has 0 heterocycles. The quantitative estimate of drug-likeness (QED) is 0.812. The van der Waals surface area contributed by atoms with Crippen LogP contribution in [0.15, 0.2) is 53.4 Å². The number of benzene rings is 2. The number of methoxy groups -OCH3 is 1. The molecule has 5 nitrogen and oxygen atoms in total. The molecule has 0 aliphatic heterocycles. The highest BCUT2D eigenvalue weighted by atomic mass is 35.5. The molecule has 1 aliphatic rings. The van der Waals surface area contributed by atoms with Gasteiger partial charge in [0.15, 0.2) is 9.84 Å². The summed E-state index contributed by atoms with van der Waals surface area (Å²) in [7, 11) is -2.49. The molecule has 26 heavy (non-hydrogen) atoms. The first-order chi connectivity index (χ1) is 12.2. The Morgan fingerprint density at radius 1 is 1.15 bits per heavy atom. The smallest absolute Gasteiger partial charge is 0.314 e. The van der Waals surface area contributed by atoms with Gasteiger partial charge in [-0.05, 0) is 36.8 Å². The number of carboxylic acids is 1. The number of carboxylic acid groups (broad SMARTS) is 1. The molecule has 2 aromatic carbocycles. The van der Waals surface area contributed by atoms with Crippen LogP contribution < -0.4 is 0 Å². The zero-order valence-electron chi connectivity index (χ0n) is 14.3. The summed E-state index contributed by atoms with van der Waals surface area (Å²) in [4.78, 5) is 12.2. The van der Waals surface area contributed by atoms with E-state index in [9.17, 15) is 18.3 Å². The van der Waals surface area contributed by atoms with E-state index >= 15 is 0 Å². The Labute approximate surface area is 157 Å². The second kappa shape index (κ2) is 6.68. The Balaban J connectivity index is 2.11. The molecule has 1 saturated carbocycles. The maximum atomic E-state index is 13.2. The van der Waals surface area contributed by atoms with Gasteiger partial charge in [-0.2, -0.15) is 0 Å². The Kier molecular flexibility index (Phi) is 4.86. The van der Waals surface area contributed by atoms with Crippen molar-refractivity contribution in [2.24, 2.45) is 5.41 Å². The molecule has 1 fully saturated rings. The average Bonchev–Trinajstić information content (AvgIpc) is 3.27. The predicted molar refractivity (Wildman–Crippen MR) is 98.3 cm³/mol. The summed E-state index contributed by atoms with van der Waals surface area (Å²) in [6, 6.07) is 13.0. The van der Waals surface area contributed by atoms with Crippen LogP contribution in [-0.4, -0.2) is 38.5 Å². The lowest BCUT2D eigenvalue weighted by Crippen LogP contribution is -2.28. The van der Waals surface area contributed by atoms with Gasteiger partial charge in [-0.1, -0.05) is 41.4 Å².